The van der Waals surface area contributed by atoms with Crippen LogP contribution in [0, 0.1) is 0 Å². The first kappa shape index (κ1) is 28.9. The predicted octanol–water partition coefficient (Wildman–Crippen LogP) is 11.4. The second-order valence-electron chi connectivity index (χ2n) is 12.7. The summed E-state index contributed by atoms with van der Waals surface area (Å²) in [5, 5.41) is 0. The summed E-state index contributed by atoms with van der Waals surface area (Å²) in [4.78, 5) is 18.1. The summed E-state index contributed by atoms with van der Waals surface area (Å²) in [7, 11) is 0. The second-order valence-corrected chi connectivity index (χ2v) is 13.8. The summed E-state index contributed by atoms with van der Waals surface area (Å²) < 4.78 is 0. The number of nitrogens with zero attached hydrogens (tertiary/aromatic N) is 3. The lowest BCUT2D eigenvalue weighted by Crippen LogP contribution is -2.32. The summed E-state index contributed by atoms with van der Waals surface area (Å²) in [6, 6.07) is 62.5. The number of aromatic nitrogens is 3. The molecule has 0 radical (unpaired) electrons. The third-order valence-corrected chi connectivity index (χ3v) is 11.2. The first-order valence-electron chi connectivity index (χ1n) is 16.9. The smallest absolute Gasteiger partial charge is 0.164 e. The lowest BCUT2D eigenvalue weighted by atomic mass is 9.67. The van der Waals surface area contributed by atoms with Gasteiger partial charge in [-0.05, 0) is 62.7 Å². The van der Waals surface area contributed by atoms with E-state index in [0.29, 0.717) is 17.5 Å². The lowest BCUT2D eigenvalue weighted by Gasteiger charge is -2.39. The largest absolute Gasteiger partial charge is 0.208 e. The van der Waals surface area contributed by atoms with Crippen molar-refractivity contribution in [2.75, 3.05) is 0 Å². The molecule has 4 heteroatoms. The van der Waals surface area contributed by atoms with Gasteiger partial charge in [-0.25, -0.2) is 15.0 Å². The van der Waals surface area contributed by atoms with Gasteiger partial charge in [-0.1, -0.05) is 169 Å². The molecule has 0 bridgehead atoms. The normalized spacial score (nSPS) is 13.3. The zero-order valence-corrected chi connectivity index (χ0v) is 27.8. The standard InChI is InChI=1S/C46H29N3S/c1-3-15-30(16-4-1)33-19-7-8-22-36(33)45-48-43(31-17-5-2-6-18-31)47-44(49-45)32-27-28-42-40(29-32)46(39-25-13-14-26-41(39)50-42)37-23-11-9-20-34(37)35-21-10-12-24-38(35)46/h1-29H. The molecule has 8 aromatic rings. The molecule has 2 heterocycles. The Hall–Kier alpha value is -6.10. The molecule has 1 aliphatic carbocycles. The van der Waals surface area contributed by atoms with Gasteiger partial charge in [0, 0.05) is 26.5 Å². The SMILES string of the molecule is c1ccc(-c2nc(-c3ccc4c(c3)C3(c5ccccc5S4)c4ccccc4-c4ccccc43)nc(-c3ccccc3-c3ccccc3)n2)cc1. The average molecular weight is 656 g/mol. The van der Waals surface area contributed by atoms with Crippen molar-refractivity contribution in [3.63, 3.8) is 0 Å². The maximum Gasteiger partial charge on any atom is 0.164 e. The van der Waals surface area contributed by atoms with E-state index in [1.807, 2.05) is 36.0 Å². The van der Waals surface area contributed by atoms with Gasteiger partial charge < -0.3 is 0 Å². The third kappa shape index (κ3) is 4.35. The van der Waals surface area contributed by atoms with Crippen LogP contribution in [0.15, 0.2) is 186 Å². The van der Waals surface area contributed by atoms with Crippen molar-refractivity contribution >= 4 is 11.8 Å². The summed E-state index contributed by atoms with van der Waals surface area (Å²) in [5.41, 5.74) is 12.4. The van der Waals surface area contributed by atoms with Crippen molar-refractivity contribution in [1.82, 2.24) is 15.0 Å². The molecule has 234 valence electrons. The minimum atomic E-state index is -0.474. The highest BCUT2D eigenvalue weighted by atomic mass is 32.2. The molecule has 0 fully saturated rings. The maximum absolute atomic E-state index is 5.25. The average Bonchev–Trinajstić information content (AvgIpc) is 3.49. The van der Waals surface area contributed by atoms with Crippen molar-refractivity contribution < 1.29 is 0 Å². The Morgan fingerprint density at radius 3 is 1.48 bits per heavy atom. The van der Waals surface area contributed by atoms with E-state index in [1.54, 1.807) is 0 Å². The molecule has 10 rings (SSSR count). The van der Waals surface area contributed by atoms with Gasteiger partial charge in [-0.3, -0.25) is 0 Å². The van der Waals surface area contributed by atoms with E-state index in [-0.39, 0.29) is 0 Å². The summed E-state index contributed by atoms with van der Waals surface area (Å²) >= 11 is 1.84. The van der Waals surface area contributed by atoms with Crippen LogP contribution >= 0.6 is 11.8 Å². The fourth-order valence-corrected chi connectivity index (χ4v) is 9.06. The van der Waals surface area contributed by atoms with E-state index < -0.39 is 5.41 Å². The van der Waals surface area contributed by atoms with Crippen molar-refractivity contribution in [3.05, 3.63) is 198 Å². The van der Waals surface area contributed by atoms with Crippen molar-refractivity contribution in [1.29, 1.82) is 0 Å². The van der Waals surface area contributed by atoms with Crippen LogP contribution in [-0.4, -0.2) is 15.0 Å². The molecule has 1 aromatic heterocycles. The minimum absolute atomic E-state index is 0.474. The second kappa shape index (κ2) is 11.5. The van der Waals surface area contributed by atoms with Gasteiger partial charge in [0.1, 0.15) is 0 Å². The topological polar surface area (TPSA) is 38.7 Å². The van der Waals surface area contributed by atoms with Gasteiger partial charge in [0.25, 0.3) is 0 Å². The van der Waals surface area contributed by atoms with Crippen LogP contribution < -0.4 is 0 Å². The monoisotopic (exact) mass is 655 g/mol. The summed E-state index contributed by atoms with van der Waals surface area (Å²) in [5.74, 6) is 1.95. The Labute approximate surface area is 295 Å². The fourth-order valence-electron chi connectivity index (χ4n) is 7.88. The molecular formula is C46H29N3S. The molecule has 50 heavy (non-hydrogen) atoms. The van der Waals surface area contributed by atoms with E-state index >= 15 is 0 Å². The van der Waals surface area contributed by atoms with E-state index in [4.69, 9.17) is 15.0 Å². The Balaban J connectivity index is 1.23. The Kier molecular flexibility index (Phi) is 6.64. The highest BCUT2D eigenvalue weighted by Crippen LogP contribution is 2.62. The quantitative estimate of drug-likeness (QED) is 0.189. The van der Waals surface area contributed by atoms with Crippen molar-refractivity contribution in [2.24, 2.45) is 0 Å². The number of hydrogen-bond donors (Lipinski definition) is 0. The molecule has 0 unspecified atom stereocenters. The van der Waals surface area contributed by atoms with Gasteiger partial charge in [0.15, 0.2) is 17.5 Å². The van der Waals surface area contributed by atoms with Crippen LogP contribution in [0.3, 0.4) is 0 Å². The molecule has 0 saturated heterocycles. The zero-order chi connectivity index (χ0) is 33.1. The number of hydrogen-bond acceptors (Lipinski definition) is 4. The molecule has 0 N–H and O–H groups in total. The Morgan fingerprint density at radius 2 is 0.800 bits per heavy atom. The van der Waals surface area contributed by atoms with Crippen LogP contribution in [0.4, 0.5) is 0 Å². The minimum Gasteiger partial charge on any atom is -0.208 e. The highest BCUT2D eigenvalue weighted by molar-refractivity contribution is 7.99. The fraction of sp³-hybridized carbons (Fsp3) is 0.0217. The molecular weight excluding hydrogens is 627 g/mol. The predicted molar refractivity (Wildman–Crippen MR) is 203 cm³/mol. The van der Waals surface area contributed by atoms with Gasteiger partial charge in [0.05, 0.1) is 5.41 Å². The van der Waals surface area contributed by atoms with E-state index in [2.05, 4.69) is 152 Å². The van der Waals surface area contributed by atoms with E-state index in [0.717, 1.165) is 27.8 Å². The van der Waals surface area contributed by atoms with Crippen LogP contribution in [-0.2, 0) is 5.41 Å². The molecule has 7 aromatic carbocycles. The van der Waals surface area contributed by atoms with Gasteiger partial charge in [-0.15, -0.1) is 0 Å². The molecule has 0 saturated carbocycles. The number of rotatable bonds is 4. The van der Waals surface area contributed by atoms with Crippen molar-refractivity contribution in [3.8, 4) is 56.4 Å². The molecule has 2 aliphatic rings. The molecule has 1 aliphatic heterocycles. The van der Waals surface area contributed by atoms with Crippen LogP contribution in [0.5, 0.6) is 0 Å². The first-order valence-corrected chi connectivity index (χ1v) is 17.7. The molecule has 3 nitrogen and oxygen atoms in total. The summed E-state index contributed by atoms with van der Waals surface area (Å²) in [6.07, 6.45) is 0. The Bertz CT molecular complexity index is 2530. The van der Waals surface area contributed by atoms with Crippen LogP contribution in [0.25, 0.3) is 56.4 Å². The lowest BCUT2D eigenvalue weighted by molar-refractivity contribution is 0.722. The summed E-state index contributed by atoms with van der Waals surface area (Å²) in [6.45, 7) is 0. The van der Waals surface area contributed by atoms with Crippen LogP contribution in [0.2, 0.25) is 0 Å². The third-order valence-electron chi connectivity index (χ3n) is 10.0. The number of fused-ring (bicyclic) bond motifs is 9. The maximum atomic E-state index is 5.25. The van der Waals surface area contributed by atoms with Gasteiger partial charge in [-0.2, -0.15) is 0 Å². The Morgan fingerprint density at radius 1 is 0.320 bits per heavy atom. The van der Waals surface area contributed by atoms with Crippen LogP contribution in [0.1, 0.15) is 22.3 Å². The number of benzene rings is 7. The zero-order valence-electron chi connectivity index (χ0n) is 27.0. The molecule has 0 atom stereocenters. The van der Waals surface area contributed by atoms with Gasteiger partial charge in [0.2, 0.25) is 0 Å². The first-order chi connectivity index (χ1) is 24.8. The highest BCUT2D eigenvalue weighted by Gasteiger charge is 2.50. The molecule has 1 spiro atoms. The van der Waals surface area contributed by atoms with E-state index in [9.17, 15) is 0 Å². The van der Waals surface area contributed by atoms with E-state index in [1.165, 1.54) is 43.2 Å². The van der Waals surface area contributed by atoms with Crippen molar-refractivity contribution in [2.45, 2.75) is 15.2 Å². The molecule has 0 amide bonds. The van der Waals surface area contributed by atoms with Gasteiger partial charge >= 0.3 is 0 Å².